The lowest BCUT2D eigenvalue weighted by atomic mass is 10.0. The van der Waals surface area contributed by atoms with Crippen LogP contribution in [0.2, 0.25) is 0 Å². The zero-order valence-corrected chi connectivity index (χ0v) is 19.3. The van der Waals surface area contributed by atoms with Crippen LogP contribution in [0.4, 0.5) is 9.93 Å². The van der Waals surface area contributed by atoms with Crippen molar-refractivity contribution >= 4 is 33.8 Å². The van der Waals surface area contributed by atoms with E-state index in [1.807, 2.05) is 5.38 Å². The maximum Gasteiger partial charge on any atom is 0.328 e. The molecule has 1 heterocycles. The van der Waals surface area contributed by atoms with Gasteiger partial charge in [0.1, 0.15) is 0 Å². The topological polar surface area (TPSA) is 88.6 Å². The maximum atomic E-state index is 11.9. The van der Waals surface area contributed by atoms with Gasteiger partial charge in [-0.15, -0.1) is 11.3 Å². The number of amides is 2. The fourth-order valence-electron chi connectivity index (χ4n) is 3.78. The Kier molecular flexibility index (Phi) is 7.85. The predicted octanol–water partition coefficient (Wildman–Crippen LogP) is 4.12. The Morgan fingerprint density at radius 3 is 2.50 bits per heavy atom. The highest BCUT2D eigenvalue weighted by atomic mass is 32.2. The second kappa shape index (κ2) is 10.4. The lowest BCUT2D eigenvalue weighted by molar-refractivity contribution is 0.224. The first-order valence-corrected chi connectivity index (χ1v) is 12.2. The van der Waals surface area contributed by atoms with E-state index in [-0.39, 0.29) is 6.54 Å². The van der Waals surface area contributed by atoms with Crippen LogP contribution in [0.5, 0.6) is 0 Å². The fraction of sp³-hybridized carbons (Fsp3) is 0.524. The SMILES string of the molecule is CNC(=O)N(CCN(c1nc(-c2ccc(C(C)C)cc2)cs1)C1CCCC1)S(=O)[O-]. The Balaban J connectivity index is 1.79. The van der Waals surface area contributed by atoms with E-state index in [2.05, 4.69) is 48.3 Å². The van der Waals surface area contributed by atoms with Crippen LogP contribution in [0.1, 0.15) is 51.0 Å². The minimum Gasteiger partial charge on any atom is -0.755 e. The van der Waals surface area contributed by atoms with E-state index in [9.17, 15) is 13.6 Å². The first-order valence-electron chi connectivity index (χ1n) is 10.3. The molecule has 164 valence electrons. The summed E-state index contributed by atoms with van der Waals surface area (Å²) in [6.45, 7) is 4.86. The third-order valence-corrected chi connectivity index (χ3v) is 7.13. The van der Waals surface area contributed by atoms with Crippen molar-refractivity contribution < 1.29 is 13.6 Å². The summed E-state index contributed by atoms with van der Waals surface area (Å²) in [6, 6.07) is 8.17. The van der Waals surface area contributed by atoms with E-state index < -0.39 is 17.3 Å². The molecule has 1 unspecified atom stereocenters. The number of thiazole rings is 1. The number of hydrogen-bond donors (Lipinski definition) is 1. The zero-order chi connectivity index (χ0) is 21.7. The molecule has 0 spiro atoms. The summed E-state index contributed by atoms with van der Waals surface area (Å²) in [7, 11) is 1.43. The highest BCUT2D eigenvalue weighted by Crippen LogP contribution is 2.33. The van der Waals surface area contributed by atoms with Crippen molar-refractivity contribution in [2.24, 2.45) is 0 Å². The Morgan fingerprint density at radius 1 is 1.27 bits per heavy atom. The van der Waals surface area contributed by atoms with Crippen molar-refractivity contribution in [1.82, 2.24) is 14.6 Å². The summed E-state index contributed by atoms with van der Waals surface area (Å²) in [6.07, 6.45) is 4.42. The molecule has 0 bridgehead atoms. The molecule has 1 saturated carbocycles. The molecule has 0 saturated heterocycles. The van der Waals surface area contributed by atoms with Crippen LogP contribution in [-0.4, -0.2) is 50.3 Å². The standard InChI is InChI=1S/C21H30N4O3S2/c1-15(2)16-8-10-17(11-9-16)19-14-29-21(23-19)24(18-6-4-5-7-18)12-13-25(30(27)28)20(26)22-3/h8-11,14-15,18H,4-7,12-13H2,1-3H3,(H,22,26)(H,27,28)/p-1. The van der Waals surface area contributed by atoms with Crippen molar-refractivity contribution in [3.63, 3.8) is 0 Å². The fourth-order valence-corrected chi connectivity index (χ4v) is 5.17. The Bertz CT molecular complexity index is 863. The van der Waals surface area contributed by atoms with Crippen molar-refractivity contribution in [2.75, 3.05) is 25.0 Å². The van der Waals surface area contributed by atoms with Gasteiger partial charge in [0, 0.05) is 30.6 Å². The third-order valence-electron chi connectivity index (χ3n) is 5.54. The van der Waals surface area contributed by atoms with Gasteiger partial charge in [-0.3, -0.25) is 8.51 Å². The number of benzene rings is 1. The molecule has 3 rings (SSSR count). The highest BCUT2D eigenvalue weighted by molar-refractivity contribution is 7.77. The molecule has 1 aromatic carbocycles. The van der Waals surface area contributed by atoms with Gasteiger partial charge >= 0.3 is 6.03 Å². The van der Waals surface area contributed by atoms with Crippen LogP contribution in [0.15, 0.2) is 29.6 Å². The molecule has 0 aliphatic heterocycles. The minimum atomic E-state index is -2.61. The molecule has 2 aromatic rings. The average molecular weight is 450 g/mol. The number of hydrogen-bond acceptors (Lipinski definition) is 6. The molecule has 1 fully saturated rings. The summed E-state index contributed by atoms with van der Waals surface area (Å²) in [5, 5.41) is 5.30. The largest absolute Gasteiger partial charge is 0.755 e. The summed E-state index contributed by atoms with van der Waals surface area (Å²) in [5.41, 5.74) is 3.28. The molecular formula is C21H29N4O3S2-. The number of urea groups is 1. The van der Waals surface area contributed by atoms with Gasteiger partial charge in [0.15, 0.2) is 5.13 Å². The van der Waals surface area contributed by atoms with Crippen LogP contribution in [0.25, 0.3) is 11.3 Å². The van der Waals surface area contributed by atoms with Gasteiger partial charge in [0.25, 0.3) is 0 Å². The lowest BCUT2D eigenvalue weighted by Gasteiger charge is -2.32. The normalized spacial score (nSPS) is 15.4. The van der Waals surface area contributed by atoms with Crippen LogP contribution in [0, 0.1) is 0 Å². The molecule has 1 aliphatic carbocycles. The number of anilines is 1. The maximum absolute atomic E-state index is 11.9. The third kappa shape index (κ3) is 5.39. The van der Waals surface area contributed by atoms with E-state index in [1.165, 1.54) is 12.6 Å². The molecule has 0 radical (unpaired) electrons. The van der Waals surface area contributed by atoms with Gasteiger partial charge in [0.2, 0.25) is 0 Å². The van der Waals surface area contributed by atoms with Gasteiger partial charge in [-0.05, 0) is 24.3 Å². The summed E-state index contributed by atoms with van der Waals surface area (Å²) < 4.78 is 23.8. The summed E-state index contributed by atoms with van der Waals surface area (Å²) in [5.74, 6) is 0.484. The van der Waals surface area contributed by atoms with Crippen LogP contribution >= 0.6 is 11.3 Å². The highest BCUT2D eigenvalue weighted by Gasteiger charge is 2.26. The van der Waals surface area contributed by atoms with Gasteiger partial charge in [0.05, 0.1) is 23.5 Å². The zero-order valence-electron chi connectivity index (χ0n) is 17.7. The van der Waals surface area contributed by atoms with Crippen LogP contribution < -0.4 is 10.2 Å². The quantitative estimate of drug-likeness (QED) is 0.613. The Labute approximate surface area is 184 Å². The summed E-state index contributed by atoms with van der Waals surface area (Å²) in [4.78, 5) is 18.9. The van der Waals surface area contributed by atoms with Crippen molar-refractivity contribution in [3.05, 3.63) is 35.2 Å². The molecule has 30 heavy (non-hydrogen) atoms. The molecule has 1 aliphatic rings. The second-order valence-electron chi connectivity index (χ2n) is 7.80. The second-order valence-corrected chi connectivity index (χ2v) is 9.51. The van der Waals surface area contributed by atoms with Crippen molar-refractivity contribution in [2.45, 2.75) is 51.5 Å². The van der Waals surface area contributed by atoms with E-state index in [0.717, 1.165) is 46.4 Å². The van der Waals surface area contributed by atoms with Crippen molar-refractivity contribution in [1.29, 1.82) is 0 Å². The van der Waals surface area contributed by atoms with E-state index in [0.29, 0.717) is 18.5 Å². The molecule has 2 amide bonds. The molecule has 9 heteroatoms. The molecular weight excluding hydrogens is 420 g/mol. The molecule has 1 atom stereocenters. The predicted molar refractivity (Wildman–Crippen MR) is 121 cm³/mol. The minimum absolute atomic E-state index is 0.0876. The number of rotatable bonds is 8. The molecule has 1 N–H and O–H groups in total. The number of carbonyl (C=O) groups excluding carboxylic acids is 1. The average Bonchev–Trinajstić information content (AvgIpc) is 3.43. The van der Waals surface area contributed by atoms with Crippen LogP contribution in [0.3, 0.4) is 0 Å². The number of carbonyl (C=O) groups is 1. The van der Waals surface area contributed by atoms with Crippen LogP contribution in [-0.2, 0) is 11.3 Å². The number of nitrogens with one attached hydrogen (secondary N) is 1. The van der Waals surface area contributed by atoms with E-state index in [4.69, 9.17) is 4.98 Å². The monoisotopic (exact) mass is 449 g/mol. The van der Waals surface area contributed by atoms with E-state index in [1.54, 1.807) is 11.3 Å². The van der Waals surface area contributed by atoms with E-state index >= 15 is 0 Å². The number of nitrogens with zero attached hydrogens (tertiary/aromatic N) is 3. The van der Waals surface area contributed by atoms with Gasteiger partial charge in [-0.2, -0.15) is 0 Å². The Morgan fingerprint density at radius 2 is 1.93 bits per heavy atom. The molecule has 7 nitrogen and oxygen atoms in total. The smallest absolute Gasteiger partial charge is 0.328 e. The Hall–Kier alpha value is -1.97. The number of aromatic nitrogens is 1. The van der Waals surface area contributed by atoms with Gasteiger partial charge in [-0.1, -0.05) is 51.0 Å². The van der Waals surface area contributed by atoms with Gasteiger partial charge < -0.3 is 14.8 Å². The first-order chi connectivity index (χ1) is 14.4. The van der Waals surface area contributed by atoms with Crippen molar-refractivity contribution in [3.8, 4) is 11.3 Å². The van der Waals surface area contributed by atoms with Gasteiger partial charge in [-0.25, -0.2) is 9.78 Å². The summed E-state index contributed by atoms with van der Waals surface area (Å²) >= 11 is -1.04. The lowest BCUT2D eigenvalue weighted by Crippen LogP contribution is -2.45. The molecule has 1 aromatic heterocycles. The first kappa shape index (κ1) is 22.7.